The average Bonchev–Trinajstić information content (AvgIpc) is 2.93. The van der Waals surface area contributed by atoms with E-state index in [1.54, 1.807) is 54.6 Å². The highest BCUT2D eigenvalue weighted by molar-refractivity contribution is 8.18. The number of carbonyl (C=O) groups excluding carboxylic acids is 1. The van der Waals surface area contributed by atoms with Crippen LogP contribution in [0.25, 0.3) is 6.08 Å². The van der Waals surface area contributed by atoms with E-state index < -0.39 is 12.6 Å². The van der Waals surface area contributed by atoms with Gasteiger partial charge in [0.25, 0.3) is 5.91 Å². The summed E-state index contributed by atoms with van der Waals surface area (Å²) in [5.41, 5.74) is 1.44. The van der Waals surface area contributed by atoms with Gasteiger partial charge < -0.3 is 15.2 Å². The van der Waals surface area contributed by atoms with Gasteiger partial charge in [-0.15, -0.1) is 0 Å². The maximum atomic E-state index is 12.1. The first-order chi connectivity index (χ1) is 12.5. The van der Waals surface area contributed by atoms with Crippen LogP contribution in [0.5, 0.6) is 5.75 Å². The molecule has 1 aliphatic heterocycles. The lowest BCUT2D eigenvalue weighted by Crippen LogP contribution is -2.19. The molecule has 1 fully saturated rings. The normalized spacial score (nSPS) is 16.7. The highest BCUT2D eigenvalue weighted by Crippen LogP contribution is 2.29. The summed E-state index contributed by atoms with van der Waals surface area (Å²) in [6.45, 7) is -0.401. The molecule has 0 spiro atoms. The Kier molecular flexibility index (Phi) is 5.60. The van der Waals surface area contributed by atoms with E-state index in [2.05, 4.69) is 10.3 Å². The number of aliphatic imine (C=N–C) groups is 1. The molecule has 132 valence electrons. The minimum Gasteiger partial charge on any atom is -0.482 e. The number of thioether (sulfide) groups is 1. The van der Waals surface area contributed by atoms with Crippen molar-refractivity contribution in [1.29, 1.82) is 0 Å². The summed E-state index contributed by atoms with van der Waals surface area (Å²) in [7, 11) is 0. The molecule has 0 bridgehead atoms. The Morgan fingerprint density at radius 3 is 2.73 bits per heavy atom. The minimum atomic E-state index is -1.04. The van der Waals surface area contributed by atoms with Crippen LogP contribution >= 0.6 is 23.4 Å². The number of halogens is 1. The molecular weight excluding hydrogens is 376 g/mol. The zero-order valence-corrected chi connectivity index (χ0v) is 14.9. The quantitative estimate of drug-likeness (QED) is 0.762. The number of hydrogen-bond donors (Lipinski definition) is 2. The molecule has 6 nitrogen and oxygen atoms in total. The van der Waals surface area contributed by atoms with Crippen molar-refractivity contribution in [3.63, 3.8) is 0 Å². The van der Waals surface area contributed by atoms with Gasteiger partial charge in [0, 0.05) is 5.02 Å². The van der Waals surface area contributed by atoms with Crippen molar-refractivity contribution >= 4 is 52.2 Å². The van der Waals surface area contributed by atoms with E-state index in [-0.39, 0.29) is 5.91 Å². The van der Waals surface area contributed by atoms with Crippen LogP contribution in [0.2, 0.25) is 5.02 Å². The van der Waals surface area contributed by atoms with Gasteiger partial charge in [-0.2, -0.15) is 0 Å². The van der Waals surface area contributed by atoms with E-state index in [1.807, 2.05) is 0 Å². The number of hydrogen-bond acceptors (Lipinski definition) is 5. The second kappa shape index (κ2) is 8.07. The summed E-state index contributed by atoms with van der Waals surface area (Å²) in [5.74, 6) is -0.829. The van der Waals surface area contributed by atoms with Crippen LogP contribution in [0, 0.1) is 0 Å². The molecule has 0 atom stereocenters. The summed E-state index contributed by atoms with van der Waals surface area (Å²) in [4.78, 5) is 27.4. The van der Waals surface area contributed by atoms with Crippen molar-refractivity contribution in [3.05, 3.63) is 64.0 Å². The van der Waals surface area contributed by atoms with Gasteiger partial charge in [0.2, 0.25) is 0 Å². The van der Waals surface area contributed by atoms with Gasteiger partial charge >= 0.3 is 5.97 Å². The Balaban J connectivity index is 1.71. The Bertz CT molecular complexity index is 910. The number of amides is 1. The van der Waals surface area contributed by atoms with Crippen molar-refractivity contribution in [3.8, 4) is 5.75 Å². The molecule has 0 saturated carbocycles. The van der Waals surface area contributed by atoms with Gasteiger partial charge in [0.1, 0.15) is 5.75 Å². The van der Waals surface area contributed by atoms with Crippen LogP contribution in [0.4, 0.5) is 5.69 Å². The fourth-order valence-electron chi connectivity index (χ4n) is 2.10. The van der Waals surface area contributed by atoms with Crippen molar-refractivity contribution in [2.75, 3.05) is 6.61 Å². The van der Waals surface area contributed by atoms with Crippen LogP contribution in [0.15, 0.2) is 58.4 Å². The van der Waals surface area contributed by atoms with Gasteiger partial charge in [0.15, 0.2) is 11.8 Å². The van der Waals surface area contributed by atoms with Crippen LogP contribution in [-0.2, 0) is 9.59 Å². The number of carboxylic acid groups (broad SMARTS) is 1. The predicted molar refractivity (Wildman–Crippen MR) is 102 cm³/mol. The number of amidine groups is 1. The van der Waals surface area contributed by atoms with Crippen LogP contribution < -0.4 is 10.1 Å². The van der Waals surface area contributed by atoms with Gasteiger partial charge in [-0.3, -0.25) is 4.79 Å². The molecular formula is C18H13ClN2O4S. The summed E-state index contributed by atoms with van der Waals surface area (Å²) < 4.78 is 5.07. The zero-order chi connectivity index (χ0) is 18.5. The van der Waals surface area contributed by atoms with Gasteiger partial charge in [-0.25, -0.2) is 9.79 Å². The largest absolute Gasteiger partial charge is 0.482 e. The topological polar surface area (TPSA) is 88.0 Å². The number of nitrogens with one attached hydrogen (secondary N) is 1. The molecule has 26 heavy (non-hydrogen) atoms. The molecule has 0 aliphatic carbocycles. The molecule has 2 N–H and O–H groups in total. The molecule has 3 rings (SSSR count). The molecule has 0 radical (unpaired) electrons. The Morgan fingerprint density at radius 2 is 2.04 bits per heavy atom. The molecule has 2 aromatic carbocycles. The van der Waals surface area contributed by atoms with Crippen molar-refractivity contribution < 1.29 is 19.4 Å². The second-order valence-corrected chi connectivity index (χ2v) is 6.68. The predicted octanol–water partition coefficient (Wildman–Crippen LogP) is 3.70. The molecule has 0 unspecified atom stereocenters. The van der Waals surface area contributed by atoms with E-state index in [1.165, 1.54) is 11.8 Å². The third-order valence-electron chi connectivity index (χ3n) is 3.23. The van der Waals surface area contributed by atoms with E-state index in [0.717, 1.165) is 5.56 Å². The summed E-state index contributed by atoms with van der Waals surface area (Å²) in [5, 5.41) is 12.4. The smallest absolute Gasteiger partial charge is 0.341 e. The standard InChI is InChI=1S/C18H13ClN2O4S/c19-12-2-1-3-13(9-12)20-18-21-17(24)15(26-18)8-11-4-6-14(7-5-11)25-10-16(22)23/h1-9H,10H2,(H,22,23)(H,20,21,24)/b15-8+. The van der Waals surface area contributed by atoms with Gasteiger partial charge in [0.05, 0.1) is 10.6 Å². The highest BCUT2D eigenvalue weighted by Gasteiger charge is 2.23. The third-order valence-corrected chi connectivity index (χ3v) is 4.37. The number of benzene rings is 2. The minimum absolute atomic E-state index is 0.234. The van der Waals surface area contributed by atoms with E-state index in [9.17, 15) is 9.59 Å². The number of carboxylic acids is 1. The molecule has 2 aromatic rings. The number of aliphatic carboxylic acids is 1. The first kappa shape index (κ1) is 18.0. The van der Waals surface area contributed by atoms with Crippen LogP contribution in [-0.4, -0.2) is 28.8 Å². The Hall–Kier alpha value is -2.77. The van der Waals surface area contributed by atoms with Crippen LogP contribution in [0.3, 0.4) is 0 Å². The van der Waals surface area contributed by atoms with Crippen LogP contribution in [0.1, 0.15) is 5.56 Å². The lowest BCUT2D eigenvalue weighted by atomic mass is 10.2. The Morgan fingerprint density at radius 1 is 1.27 bits per heavy atom. The first-order valence-corrected chi connectivity index (χ1v) is 8.69. The summed E-state index contributed by atoms with van der Waals surface area (Å²) in [6, 6.07) is 13.8. The number of carbonyl (C=O) groups is 2. The molecule has 8 heteroatoms. The van der Waals surface area contributed by atoms with Crippen molar-refractivity contribution in [1.82, 2.24) is 5.32 Å². The third kappa shape index (κ3) is 4.87. The first-order valence-electron chi connectivity index (χ1n) is 7.49. The monoisotopic (exact) mass is 388 g/mol. The molecule has 1 saturated heterocycles. The maximum Gasteiger partial charge on any atom is 0.341 e. The fraction of sp³-hybridized carbons (Fsp3) is 0.0556. The van der Waals surface area contributed by atoms with Gasteiger partial charge in [-0.1, -0.05) is 29.8 Å². The number of nitrogens with zero attached hydrogens (tertiary/aromatic N) is 1. The zero-order valence-electron chi connectivity index (χ0n) is 13.3. The van der Waals surface area contributed by atoms with E-state index in [0.29, 0.717) is 26.5 Å². The van der Waals surface area contributed by atoms with Crippen molar-refractivity contribution in [2.24, 2.45) is 4.99 Å². The maximum absolute atomic E-state index is 12.1. The lowest BCUT2D eigenvalue weighted by Gasteiger charge is -2.03. The Labute approximate surface area is 158 Å². The number of rotatable bonds is 5. The van der Waals surface area contributed by atoms with E-state index >= 15 is 0 Å². The molecule has 1 aliphatic rings. The SMILES string of the molecule is O=C(O)COc1ccc(/C=C2/SC(=Nc3cccc(Cl)c3)NC2=O)cc1. The summed E-state index contributed by atoms with van der Waals surface area (Å²) >= 11 is 7.16. The molecule has 1 heterocycles. The lowest BCUT2D eigenvalue weighted by molar-refractivity contribution is -0.139. The molecule has 0 aromatic heterocycles. The summed E-state index contributed by atoms with van der Waals surface area (Å²) in [6.07, 6.45) is 1.72. The van der Waals surface area contributed by atoms with Crippen molar-refractivity contribution in [2.45, 2.75) is 0 Å². The number of ether oxygens (including phenoxy) is 1. The fourth-order valence-corrected chi connectivity index (χ4v) is 3.13. The average molecular weight is 389 g/mol. The van der Waals surface area contributed by atoms with E-state index in [4.69, 9.17) is 21.4 Å². The second-order valence-electron chi connectivity index (χ2n) is 5.21. The van der Waals surface area contributed by atoms with Gasteiger partial charge in [-0.05, 0) is 53.7 Å². The molecule has 1 amide bonds. The highest BCUT2D eigenvalue weighted by atomic mass is 35.5.